The Morgan fingerprint density at radius 1 is 1.07 bits per heavy atom. The van der Waals surface area contributed by atoms with Crippen molar-refractivity contribution in [3.05, 3.63) is 54.1 Å². The molecular formula is C20H21ClFN3O2. The molecule has 0 atom stereocenters. The molecule has 0 aliphatic heterocycles. The molecule has 0 saturated heterocycles. The third-order valence-electron chi connectivity index (χ3n) is 4.99. The van der Waals surface area contributed by atoms with Gasteiger partial charge in [0.05, 0.1) is 18.2 Å². The van der Waals surface area contributed by atoms with Crippen molar-refractivity contribution in [3.8, 4) is 28.3 Å². The van der Waals surface area contributed by atoms with Gasteiger partial charge in [0.25, 0.3) is 5.89 Å². The number of nitrogens with two attached hydrogens (primary N) is 1. The zero-order chi connectivity index (χ0) is 18.1. The fourth-order valence-corrected chi connectivity index (χ4v) is 3.42. The van der Waals surface area contributed by atoms with Gasteiger partial charge in [-0.1, -0.05) is 36.2 Å². The molecule has 1 saturated carbocycles. The third-order valence-corrected chi connectivity index (χ3v) is 4.99. The van der Waals surface area contributed by atoms with Gasteiger partial charge in [0, 0.05) is 0 Å². The second-order valence-corrected chi connectivity index (χ2v) is 6.71. The molecule has 4 rings (SSSR count). The summed E-state index contributed by atoms with van der Waals surface area (Å²) in [6.07, 6.45) is 3.74. The smallest absolute Gasteiger partial charge is 0.260 e. The molecule has 1 aliphatic rings. The molecule has 0 spiro atoms. The predicted molar refractivity (Wildman–Crippen MR) is 103 cm³/mol. The van der Waals surface area contributed by atoms with Crippen LogP contribution < -0.4 is 10.5 Å². The Balaban J connectivity index is 0.00000210. The number of hydrogen-bond acceptors (Lipinski definition) is 5. The summed E-state index contributed by atoms with van der Waals surface area (Å²) in [5, 5.41) is 4.00. The maximum Gasteiger partial charge on any atom is 0.260 e. The maximum atomic E-state index is 14.7. The highest BCUT2D eigenvalue weighted by atomic mass is 35.5. The second kappa shape index (κ2) is 7.66. The average Bonchev–Trinajstić information content (AvgIpc) is 3.32. The zero-order valence-corrected chi connectivity index (χ0v) is 15.8. The number of methoxy groups -OCH3 is 1. The van der Waals surface area contributed by atoms with Gasteiger partial charge in [-0.25, -0.2) is 4.39 Å². The molecular weight excluding hydrogens is 369 g/mol. The SMILES string of the molecule is COc1ccc(-c2ccc(-c3nc(C4(N)CCCC4)no3)c(F)c2)cc1.Cl. The molecule has 5 nitrogen and oxygen atoms in total. The van der Waals surface area contributed by atoms with Gasteiger partial charge in [0.1, 0.15) is 11.6 Å². The molecule has 3 aromatic rings. The first-order valence-corrected chi connectivity index (χ1v) is 8.66. The van der Waals surface area contributed by atoms with Crippen molar-refractivity contribution in [2.24, 2.45) is 5.73 Å². The van der Waals surface area contributed by atoms with E-state index < -0.39 is 11.4 Å². The Hall–Kier alpha value is -2.44. The topological polar surface area (TPSA) is 74.2 Å². The number of aromatic nitrogens is 2. The molecule has 0 bridgehead atoms. The predicted octanol–water partition coefficient (Wildman–Crippen LogP) is 4.70. The van der Waals surface area contributed by atoms with Gasteiger partial charge in [-0.05, 0) is 48.2 Å². The standard InChI is InChI=1S/C20H20FN3O2.ClH/c1-25-15-7-4-13(5-8-15)14-6-9-16(17(21)12-14)18-23-19(24-26-18)20(22)10-2-3-11-20;/h4-9,12H,2-3,10-11,22H2,1H3;1H. The Kier molecular flexibility index (Phi) is 5.48. The molecule has 0 radical (unpaired) electrons. The largest absolute Gasteiger partial charge is 0.497 e. The lowest BCUT2D eigenvalue weighted by molar-refractivity contribution is 0.372. The van der Waals surface area contributed by atoms with E-state index in [0.29, 0.717) is 5.82 Å². The van der Waals surface area contributed by atoms with Crippen molar-refractivity contribution in [3.63, 3.8) is 0 Å². The van der Waals surface area contributed by atoms with Crippen LogP contribution in [0.25, 0.3) is 22.6 Å². The Labute approximate surface area is 163 Å². The summed E-state index contributed by atoms with van der Waals surface area (Å²) in [4.78, 5) is 4.36. The fourth-order valence-electron chi connectivity index (χ4n) is 3.42. The molecule has 0 amide bonds. The van der Waals surface area contributed by atoms with Gasteiger partial charge in [0.15, 0.2) is 5.82 Å². The molecule has 142 valence electrons. The van der Waals surface area contributed by atoms with Crippen LogP contribution in [0.1, 0.15) is 31.5 Å². The van der Waals surface area contributed by atoms with Crippen LogP contribution in [0.3, 0.4) is 0 Å². The lowest BCUT2D eigenvalue weighted by Crippen LogP contribution is -2.34. The Morgan fingerprint density at radius 3 is 2.37 bits per heavy atom. The summed E-state index contributed by atoms with van der Waals surface area (Å²) in [5.74, 6) is 0.969. The highest BCUT2D eigenvalue weighted by Gasteiger charge is 2.36. The Morgan fingerprint density at radius 2 is 1.74 bits per heavy atom. The molecule has 1 fully saturated rings. The van der Waals surface area contributed by atoms with Crippen LogP contribution in [0.4, 0.5) is 4.39 Å². The van der Waals surface area contributed by atoms with Gasteiger partial charge >= 0.3 is 0 Å². The van der Waals surface area contributed by atoms with Crippen LogP contribution in [0.15, 0.2) is 47.0 Å². The van der Waals surface area contributed by atoms with Crippen molar-refractivity contribution in [1.29, 1.82) is 0 Å². The first-order valence-electron chi connectivity index (χ1n) is 8.66. The highest BCUT2D eigenvalue weighted by molar-refractivity contribution is 5.85. The van der Waals surface area contributed by atoms with E-state index in [0.717, 1.165) is 42.6 Å². The molecule has 2 N–H and O–H groups in total. The zero-order valence-electron chi connectivity index (χ0n) is 14.9. The van der Waals surface area contributed by atoms with E-state index in [1.54, 1.807) is 13.2 Å². The lowest BCUT2D eigenvalue weighted by atomic mass is 9.98. The number of ether oxygens (including phenoxy) is 1. The summed E-state index contributed by atoms with van der Waals surface area (Å²) in [7, 11) is 1.61. The third kappa shape index (κ3) is 3.68. The first kappa shape index (κ1) is 19.3. The van der Waals surface area contributed by atoms with Crippen molar-refractivity contribution < 1.29 is 13.7 Å². The number of hydrogen-bond donors (Lipinski definition) is 1. The van der Waals surface area contributed by atoms with Gasteiger partial charge in [-0.3, -0.25) is 0 Å². The van der Waals surface area contributed by atoms with Gasteiger partial charge in [0.2, 0.25) is 0 Å². The lowest BCUT2D eigenvalue weighted by Gasteiger charge is -2.17. The van der Waals surface area contributed by atoms with Crippen molar-refractivity contribution in [2.75, 3.05) is 7.11 Å². The summed E-state index contributed by atoms with van der Waals surface area (Å²) in [6.45, 7) is 0. The maximum absolute atomic E-state index is 14.7. The molecule has 2 aromatic carbocycles. The minimum absolute atomic E-state index is 0. The number of nitrogens with zero attached hydrogens (tertiary/aromatic N) is 2. The van der Waals surface area contributed by atoms with Gasteiger partial charge in [-0.2, -0.15) is 4.98 Å². The van der Waals surface area contributed by atoms with Crippen LogP contribution in [0.2, 0.25) is 0 Å². The monoisotopic (exact) mass is 389 g/mol. The molecule has 1 heterocycles. The van der Waals surface area contributed by atoms with Crippen molar-refractivity contribution in [1.82, 2.24) is 10.1 Å². The summed E-state index contributed by atoms with van der Waals surface area (Å²) in [5.41, 5.74) is 7.73. The normalized spacial score (nSPS) is 15.4. The number of halogens is 2. The van der Waals surface area contributed by atoms with E-state index in [4.69, 9.17) is 15.0 Å². The summed E-state index contributed by atoms with van der Waals surface area (Å²) in [6, 6.07) is 12.4. The first-order chi connectivity index (χ1) is 12.6. The minimum Gasteiger partial charge on any atom is -0.497 e. The van der Waals surface area contributed by atoms with Gasteiger partial charge < -0.3 is 15.0 Å². The van der Waals surface area contributed by atoms with E-state index in [9.17, 15) is 4.39 Å². The van der Waals surface area contributed by atoms with Crippen LogP contribution in [0, 0.1) is 5.82 Å². The van der Waals surface area contributed by atoms with Crippen molar-refractivity contribution >= 4 is 12.4 Å². The molecule has 7 heteroatoms. The molecule has 27 heavy (non-hydrogen) atoms. The van der Waals surface area contributed by atoms with E-state index in [-0.39, 0.29) is 23.9 Å². The van der Waals surface area contributed by atoms with E-state index >= 15 is 0 Å². The molecule has 1 aliphatic carbocycles. The van der Waals surface area contributed by atoms with Crippen LogP contribution >= 0.6 is 12.4 Å². The van der Waals surface area contributed by atoms with Crippen molar-refractivity contribution in [2.45, 2.75) is 31.2 Å². The number of rotatable bonds is 4. The number of benzene rings is 2. The quantitative estimate of drug-likeness (QED) is 0.700. The molecule has 0 unspecified atom stereocenters. The molecule has 1 aromatic heterocycles. The summed E-state index contributed by atoms with van der Waals surface area (Å²) < 4.78 is 25.1. The van der Waals surface area contributed by atoms with E-state index in [2.05, 4.69) is 10.1 Å². The Bertz CT molecular complexity index is 921. The van der Waals surface area contributed by atoms with Crippen LogP contribution in [0.5, 0.6) is 5.75 Å². The highest BCUT2D eigenvalue weighted by Crippen LogP contribution is 2.36. The van der Waals surface area contributed by atoms with E-state index in [1.807, 2.05) is 30.3 Å². The second-order valence-electron chi connectivity index (χ2n) is 6.71. The van der Waals surface area contributed by atoms with E-state index in [1.165, 1.54) is 6.07 Å². The average molecular weight is 390 g/mol. The van der Waals surface area contributed by atoms with Crippen LogP contribution in [-0.2, 0) is 5.54 Å². The van der Waals surface area contributed by atoms with Gasteiger partial charge in [-0.15, -0.1) is 12.4 Å². The fraction of sp³-hybridized carbons (Fsp3) is 0.300. The van der Waals surface area contributed by atoms with Crippen LogP contribution in [-0.4, -0.2) is 17.3 Å². The minimum atomic E-state index is -0.554. The summed E-state index contributed by atoms with van der Waals surface area (Å²) >= 11 is 0.